The summed E-state index contributed by atoms with van der Waals surface area (Å²) in [5, 5.41) is 0. The number of benzene rings is 2. The van der Waals surface area contributed by atoms with Gasteiger partial charge in [0.25, 0.3) is 0 Å². The average Bonchev–Trinajstić information content (AvgIpc) is 2.50. The molecular formula is C16H12BrFO4. The number of carbonyl (C=O) groups is 2. The van der Waals surface area contributed by atoms with Gasteiger partial charge in [-0.25, -0.2) is 14.0 Å². The van der Waals surface area contributed by atoms with E-state index in [0.717, 1.165) is 0 Å². The highest BCUT2D eigenvalue weighted by Crippen LogP contribution is 2.26. The summed E-state index contributed by atoms with van der Waals surface area (Å²) in [4.78, 5) is 24.1. The van der Waals surface area contributed by atoms with Crippen molar-refractivity contribution in [3.63, 3.8) is 0 Å². The summed E-state index contributed by atoms with van der Waals surface area (Å²) in [5.74, 6) is -1.63. The normalized spacial score (nSPS) is 10.1. The molecule has 0 aliphatic heterocycles. The molecule has 2 rings (SSSR count). The minimum absolute atomic E-state index is 0.0807. The number of ether oxygens (including phenoxy) is 2. The van der Waals surface area contributed by atoms with E-state index in [1.807, 2.05) is 0 Å². The van der Waals surface area contributed by atoms with Crippen LogP contribution in [-0.4, -0.2) is 18.5 Å². The summed E-state index contributed by atoms with van der Waals surface area (Å²) in [6.45, 7) is 1.88. The van der Waals surface area contributed by atoms with Crippen molar-refractivity contribution in [2.45, 2.75) is 6.92 Å². The second-order valence-electron chi connectivity index (χ2n) is 4.23. The van der Waals surface area contributed by atoms with Crippen molar-refractivity contribution in [3.05, 3.63) is 63.9 Å². The first kappa shape index (κ1) is 16.2. The third-order valence-electron chi connectivity index (χ3n) is 2.74. The van der Waals surface area contributed by atoms with Gasteiger partial charge in [0.05, 0.1) is 22.2 Å². The van der Waals surface area contributed by atoms with Crippen LogP contribution >= 0.6 is 15.9 Å². The van der Waals surface area contributed by atoms with Gasteiger partial charge in [-0.15, -0.1) is 0 Å². The van der Waals surface area contributed by atoms with Gasteiger partial charge in [0.2, 0.25) is 0 Å². The molecule has 0 saturated carbocycles. The van der Waals surface area contributed by atoms with Gasteiger partial charge in [-0.1, -0.05) is 12.1 Å². The van der Waals surface area contributed by atoms with Crippen LogP contribution in [0.1, 0.15) is 27.6 Å². The Hall–Kier alpha value is -2.21. The number of carbonyl (C=O) groups excluding carboxylic acids is 2. The summed E-state index contributed by atoms with van der Waals surface area (Å²) >= 11 is 3.11. The predicted molar refractivity (Wildman–Crippen MR) is 81.5 cm³/mol. The quantitative estimate of drug-likeness (QED) is 0.606. The zero-order valence-corrected chi connectivity index (χ0v) is 13.2. The van der Waals surface area contributed by atoms with E-state index in [0.29, 0.717) is 4.47 Å². The zero-order valence-electron chi connectivity index (χ0n) is 11.6. The van der Waals surface area contributed by atoms with Crippen LogP contribution in [0.15, 0.2) is 46.9 Å². The van der Waals surface area contributed by atoms with Gasteiger partial charge in [-0.3, -0.25) is 0 Å². The van der Waals surface area contributed by atoms with Gasteiger partial charge in [-0.2, -0.15) is 0 Å². The second-order valence-corrected chi connectivity index (χ2v) is 5.08. The van der Waals surface area contributed by atoms with Crippen LogP contribution in [0.3, 0.4) is 0 Å². The summed E-state index contributed by atoms with van der Waals surface area (Å²) in [5.41, 5.74) is 0.199. The Morgan fingerprint density at radius 1 is 1.09 bits per heavy atom. The maximum absolute atomic E-state index is 13.0. The molecule has 0 fully saturated rings. The molecule has 0 atom stereocenters. The van der Waals surface area contributed by atoms with E-state index in [2.05, 4.69) is 15.9 Å². The Bertz CT molecular complexity index is 715. The van der Waals surface area contributed by atoms with Gasteiger partial charge in [0.1, 0.15) is 11.6 Å². The van der Waals surface area contributed by atoms with Crippen molar-refractivity contribution >= 4 is 27.9 Å². The largest absolute Gasteiger partial charge is 0.462 e. The SMILES string of the molecule is CCOC(=O)c1ccccc1C(=O)Oc1ccc(F)cc1Br. The fourth-order valence-electron chi connectivity index (χ4n) is 1.76. The zero-order chi connectivity index (χ0) is 16.1. The lowest BCUT2D eigenvalue weighted by Gasteiger charge is -2.09. The van der Waals surface area contributed by atoms with Gasteiger partial charge >= 0.3 is 11.9 Å². The monoisotopic (exact) mass is 366 g/mol. The highest BCUT2D eigenvalue weighted by atomic mass is 79.9. The third-order valence-corrected chi connectivity index (χ3v) is 3.36. The van der Waals surface area contributed by atoms with Gasteiger partial charge in [0, 0.05) is 0 Å². The second kappa shape index (κ2) is 7.17. The van der Waals surface area contributed by atoms with Gasteiger partial charge < -0.3 is 9.47 Å². The molecule has 0 aliphatic carbocycles. The van der Waals surface area contributed by atoms with Crippen molar-refractivity contribution in [2.75, 3.05) is 6.61 Å². The van der Waals surface area contributed by atoms with E-state index < -0.39 is 17.8 Å². The van der Waals surface area contributed by atoms with Crippen LogP contribution in [0.2, 0.25) is 0 Å². The summed E-state index contributed by atoms with van der Waals surface area (Å²) in [7, 11) is 0. The summed E-state index contributed by atoms with van der Waals surface area (Å²) < 4.78 is 23.4. The van der Waals surface area contributed by atoms with Crippen LogP contribution < -0.4 is 4.74 Å². The van der Waals surface area contributed by atoms with Crippen molar-refractivity contribution in [3.8, 4) is 5.75 Å². The molecule has 0 bridgehead atoms. The van der Waals surface area contributed by atoms with E-state index in [9.17, 15) is 14.0 Å². The molecule has 0 spiro atoms. The van der Waals surface area contributed by atoms with Crippen molar-refractivity contribution < 1.29 is 23.5 Å². The Morgan fingerprint density at radius 2 is 1.73 bits per heavy atom. The standard InChI is InChI=1S/C16H12BrFO4/c1-2-21-15(19)11-5-3-4-6-12(11)16(20)22-14-8-7-10(18)9-13(14)17/h3-9H,2H2,1H3. The van der Waals surface area contributed by atoms with E-state index in [4.69, 9.17) is 9.47 Å². The molecular weight excluding hydrogens is 355 g/mol. The molecule has 6 heteroatoms. The molecule has 22 heavy (non-hydrogen) atoms. The third kappa shape index (κ3) is 3.71. The molecule has 114 valence electrons. The fourth-order valence-corrected chi connectivity index (χ4v) is 2.19. The highest BCUT2D eigenvalue weighted by Gasteiger charge is 2.20. The van der Waals surface area contributed by atoms with Crippen LogP contribution in [0, 0.1) is 5.82 Å². The van der Waals surface area contributed by atoms with E-state index in [1.54, 1.807) is 19.1 Å². The molecule has 0 heterocycles. The average molecular weight is 367 g/mol. The Labute approximate surface area is 135 Å². The van der Waals surface area contributed by atoms with Crippen molar-refractivity contribution in [1.82, 2.24) is 0 Å². The first-order valence-corrected chi connectivity index (χ1v) is 7.25. The molecule has 0 radical (unpaired) electrons. The minimum Gasteiger partial charge on any atom is -0.462 e. The van der Waals surface area contributed by atoms with Crippen LogP contribution in [0.5, 0.6) is 5.75 Å². The molecule has 4 nitrogen and oxygen atoms in total. The van der Waals surface area contributed by atoms with Gasteiger partial charge in [0.15, 0.2) is 0 Å². The predicted octanol–water partition coefficient (Wildman–Crippen LogP) is 3.98. The molecule has 0 amide bonds. The molecule has 0 N–H and O–H groups in total. The summed E-state index contributed by atoms with van der Waals surface area (Å²) in [6.07, 6.45) is 0. The van der Waals surface area contributed by atoms with Crippen LogP contribution in [0.4, 0.5) is 4.39 Å². The Morgan fingerprint density at radius 3 is 2.32 bits per heavy atom. The maximum Gasteiger partial charge on any atom is 0.344 e. The number of esters is 2. The van der Waals surface area contributed by atoms with E-state index >= 15 is 0 Å². The van der Waals surface area contributed by atoms with Gasteiger partial charge in [-0.05, 0) is 53.2 Å². The lowest BCUT2D eigenvalue weighted by molar-refractivity contribution is 0.0517. The minimum atomic E-state index is -0.726. The Balaban J connectivity index is 2.28. The number of rotatable bonds is 4. The van der Waals surface area contributed by atoms with Crippen LogP contribution in [0.25, 0.3) is 0 Å². The maximum atomic E-state index is 13.0. The first-order chi connectivity index (χ1) is 10.5. The van der Waals surface area contributed by atoms with Crippen molar-refractivity contribution in [1.29, 1.82) is 0 Å². The summed E-state index contributed by atoms with van der Waals surface area (Å²) in [6, 6.07) is 9.85. The van der Waals surface area contributed by atoms with E-state index in [-0.39, 0.29) is 23.5 Å². The number of hydrogen-bond donors (Lipinski definition) is 0. The number of hydrogen-bond acceptors (Lipinski definition) is 4. The lowest BCUT2D eigenvalue weighted by atomic mass is 10.1. The van der Waals surface area contributed by atoms with Crippen molar-refractivity contribution in [2.24, 2.45) is 0 Å². The topological polar surface area (TPSA) is 52.6 Å². The molecule has 0 unspecified atom stereocenters. The highest BCUT2D eigenvalue weighted by molar-refractivity contribution is 9.10. The molecule has 2 aromatic rings. The van der Waals surface area contributed by atoms with Crippen LogP contribution in [-0.2, 0) is 4.74 Å². The molecule has 2 aromatic carbocycles. The first-order valence-electron chi connectivity index (χ1n) is 6.46. The van der Waals surface area contributed by atoms with E-state index in [1.165, 1.54) is 30.3 Å². The molecule has 0 aliphatic rings. The Kier molecular flexibility index (Phi) is 5.27. The molecule has 0 aromatic heterocycles. The number of halogens is 2. The lowest BCUT2D eigenvalue weighted by Crippen LogP contribution is -2.16. The fraction of sp³-hybridized carbons (Fsp3) is 0.125. The smallest absolute Gasteiger partial charge is 0.344 e. The molecule has 0 saturated heterocycles.